The van der Waals surface area contributed by atoms with Crippen molar-refractivity contribution < 1.29 is 14.6 Å². The van der Waals surface area contributed by atoms with Crippen LogP contribution in [0.25, 0.3) is 6.08 Å². The number of nitrogens with zero attached hydrogens (tertiary/aromatic N) is 1. The minimum atomic E-state index is -0.423. The van der Waals surface area contributed by atoms with Gasteiger partial charge in [-0.1, -0.05) is 17.7 Å². The molecule has 2 N–H and O–H groups in total. The highest BCUT2D eigenvalue weighted by molar-refractivity contribution is 7.71. The van der Waals surface area contributed by atoms with Crippen molar-refractivity contribution in [2.75, 3.05) is 6.79 Å². The first kappa shape index (κ1) is 17.0. The molecule has 6 nitrogen and oxygen atoms in total. The first-order valence-corrected chi connectivity index (χ1v) is 8.13. The summed E-state index contributed by atoms with van der Waals surface area (Å²) in [5, 5.41) is 10.4. The summed E-state index contributed by atoms with van der Waals surface area (Å²) in [7, 11) is 0. The number of aromatic nitrogens is 2. The second kappa shape index (κ2) is 6.98. The van der Waals surface area contributed by atoms with Gasteiger partial charge in [-0.15, -0.1) is 6.58 Å². The molecular weight excluding hydrogens is 340 g/mol. The summed E-state index contributed by atoms with van der Waals surface area (Å²) >= 11 is 5.07. The third-order valence-corrected chi connectivity index (χ3v) is 4.15. The molecule has 0 fully saturated rings. The van der Waals surface area contributed by atoms with Gasteiger partial charge in [-0.2, -0.15) is 0 Å². The van der Waals surface area contributed by atoms with E-state index in [-0.39, 0.29) is 23.0 Å². The van der Waals surface area contributed by atoms with Crippen molar-refractivity contribution in [3.63, 3.8) is 0 Å². The maximum absolute atomic E-state index is 12.2. The van der Waals surface area contributed by atoms with E-state index in [9.17, 15) is 9.90 Å². The van der Waals surface area contributed by atoms with Gasteiger partial charge in [0.15, 0.2) is 16.3 Å². The molecule has 2 heterocycles. The molecule has 1 aromatic heterocycles. The number of allylic oxidation sites excluding steroid dienone is 2. The highest BCUT2D eigenvalue weighted by Gasteiger charge is 2.14. The first-order valence-electron chi connectivity index (χ1n) is 7.72. The molecule has 0 radical (unpaired) electrons. The zero-order valence-corrected chi connectivity index (χ0v) is 14.6. The monoisotopic (exact) mass is 358 g/mol. The van der Waals surface area contributed by atoms with E-state index in [2.05, 4.69) is 11.6 Å². The van der Waals surface area contributed by atoms with E-state index in [1.807, 2.05) is 25.1 Å². The van der Waals surface area contributed by atoms with Crippen molar-refractivity contribution in [3.05, 3.63) is 62.7 Å². The van der Waals surface area contributed by atoms with Gasteiger partial charge in [-0.3, -0.25) is 14.3 Å². The van der Waals surface area contributed by atoms with Crippen LogP contribution in [0.4, 0.5) is 0 Å². The summed E-state index contributed by atoms with van der Waals surface area (Å²) in [5.41, 5.74) is 1.68. The van der Waals surface area contributed by atoms with Crippen molar-refractivity contribution >= 4 is 18.3 Å². The van der Waals surface area contributed by atoms with Gasteiger partial charge in [0.2, 0.25) is 12.7 Å². The Morgan fingerprint density at radius 1 is 1.44 bits per heavy atom. The number of hydrogen-bond acceptors (Lipinski definition) is 5. The Kier molecular flexibility index (Phi) is 4.76. The van der Waals surface area contributed by atoms with Crippen molar-refractivity contribution in [3.8, 4) is 17.4 Å². The van der Waals surface area contributed by atoms with Crippen LogP contribution in [0.2, 0.25) is 0 Å². The number of nitrogens with one attached hydrogen (secondary N) is 1. The van der Waals surface area contributed by atoms with Crippen molar-refractivity contribution in [1.82, 2.24) is 9.55 Å². The summed E-state index contributed by atoms with van der Waals surface area (Å²) in [6, 6.07) is 5.71. The third kappa shape index (κ3) is 3.51. The Morgan fingerprint density at radius 2 is 2.20 bits per heavy atom. The lowest BCUT2D eigenvalue weighted by Gasteiger charge is -2.10. The van der Waals surface area contributed by atoms with Gasteiger partial charge in [0.25, 0.3) is 5.56 Å². The van der Waals surface area contributed by atoms with Crippen molar-refractivity contribution in [2.24, 2.45) is 0 Å². The molecule has 0 saturated heterocycles. The number of ether oxygens (including phenoxy) is 2. The van der Waals surface area contributed by atoms with Gasteiger partial charge in [0.1, 0.15) is 0 Å². The Labute approximate surface area is 149 Å². The lowest BCUT2D eigenvalue weighted by atomic mass is 10.0. The molecule has 0 bridgehead atoms. The molecular formula is C18H18N2O4S. The number of aromatic hydroxyl groups is 1. The van der Waals surface area contributed by atoms with Gasteiger partial charge in [-0.25, -0.2) is 0 Å². The molecule has 3 rings (SSSR count). The molecule has 25 heavy (non-hydrogen) atoms. The van der Waals surface area contributed by atoms with E-state index in [0.29, 0.717) is 18.7 Å². The standard InChI is InChI=1S/C18H18N2O4S/c1-3-6-20-17(22)13(16(21)19-18(20)25)8-11(2)7-12-4-5-14-15(9-12)24-10-23-14/h3-5,8-9,22H,1,6-7,10H2,2H3,(H,19,21,25). The Hall–Kier alpha value is -2.80. The summed E-state index contributed by atoms with van der Waals surface area (Å²) < 4.78 is 12.2. The minimum Gasteiger partial charge on any atom is -0.494 e. The fourth-order valence-electron chi connectivity index (χ4n) is 2.67. The quantitative estimate of drug-likeness (QED) is 0.634. The maximum Gasteiger partial charge on any atom is 0.262 e. The second-order valence-corrected chi connectivity index (χ2v) is 6.14. The van der Waals surface area contributed by atoms with Crippen molar-refractivity contribution in [1.29, 1.82) is 0 Å². The third-order valence-electron chi connectivity index (χ3n) is 3.83. The largest absolute Gasteiger partial charge is 0.494 e. The summed E-state index contributed by atoms with van der Waals surface area (Å²) in [5.74, 6) is 1.27. The number of aromatic amines is 1. The molecule has 7 heteroatoms. The summed E-state index contributed by atoms with van der Waals surface area (Å²) in [6.07, 6.45) is 3.86. The van der Waals surface area contributed by atoms with Gasteiger partial charge >= 0.3 is 0 Å². The number of H-pyrrole nitrogens is 1. The molecule has 1 aliphatic rings. The average molecular weight is 358 g/mol. The number of rotatable bonds is 5. The maximum atomic E-state index is 12.2. The zero-order valence-electron chi connectivity index (χ0n) is 13.7. The predicted molar refractivity (Wildman–Crippen MR) is 97.7 cm³/mol. The topological polar surface area (TPSA) is 76.5 Å². The zero-order chi connectivity index (χ0) is 18.0. The van der Waals surface area contributed by atoms with Crippen LogP contribution in [0, 0.1) is 4.77 Å². The molecule has 0 unspecified atom stereocenters. The summed E-state index contributed by atoms with van der Waals surface area (Å²) in [6.45, 7) is 6.06. The van der Waals surface area contributed by atoms with Crippen molar-refractivity contribution in [2.45, 2.75) is 19.9 Å². The van der Waals surface area contributed by atoms with Crippen LogP contribution in [-0.2, 0) is 13.0 Å². The van der Waals surface area contributed by atoms with Gasteiger partial charge in [0, 0.05) is 6.54 Å². The number of fused-ring (bicyclic) bond motifs is 1. The normalized spacial score (nSPS) is 13.1. The Morgan fingerprint density at radius 3 is 2.96 bits per heavy atom. The highest BCUT2D eigenvalue weighted by atomic mass is 32.1. The molecule has 1 aromatic carbocycles. The van der Waals surface area contributed by atoms with Gasteiger partial charge < -0.3 is 14.6 Å². The molecule has 1 aliphatic heterocycles. The van der Waals surface area contributed by atoms with Crippen LogP contribution in [0.15, 0.2) is 41.2 Å². The van der Waals surface area contributed by atoms with Crippen LogP contribution in [0.5, 0.6) is 17.4 Å². The van der Waals surface area contributed by atoms with E-state index < -0.39 is 5.56 Å². The fourth-order valence-corrected chi connectivity index (χ4v) is 2.93. The van der Waals surface area contributed by atoms with Crippen LogP contribution in [-0.4, -0.2) is 21.5 Å². The molecule has 0 amide bonds. The van der Waals surface area contributed by atoms with Gasteiger partial charge in [0.05, 0.1) is 5.56 Å². The molecule has 0 spiro atoms. The van der Waals surface area contributed by atoms with Gasteiger partial charge in [-0.05, 0) is 49.3 Å². The van der Waals surface area contributed by atoms with E-state index in [1.54, 1.807) is 12.2 Å². The van der Waals surface area contributed by atoms with E-state index >= 15 is 0 Å². The Balaban J connectivity index is 1.92. The van der Waals surface area contributed by atoms with Crippen LogP contribution < -0.4 is 15.0 Å². The fraction of sp³-hybridized carbons (Fsp3) is 0.222. The van der Waals surface area contributed by atoms with Crippen LogP contribution in [0.3, 0.4) is 0 Å². The molecule has 130 valence electrons. The smallest absolute Gasteiger partial charge is 0.262 e. The molecule has 2 aromatic rings. The average Bonchev–Trinajstić information content (AvgIpc) is 3.03. The second-order valence-electron chi connectivity index (χ2n) is 5.75. The SMILES string of the molecule is C=CCn1c(O)c(C=C(C)Cc2ccc3c(c2)OCO3)c(=O)[nH]c1=S. The minimum absolute atomic E-state index is 0.160. The van der Waals surface area contributed by atoms with Crippen LogP contribution >= 0.6 is 12.2 Å². The van der Waals surface area contributed by atoms with E-state index in [4.69, 9.17) is 21.7 Å². The highest BCUT2D eigenvalue weighted by Crippen LogP contribution is 2.33. The molecule has 0 saturated carbocycles. The molecule has 0 atom stereocenters. The van der Waals surface area contributed by atoms with E-state index in [1.165, 1.54) is 4.57 Å². The lowest BCUT2D eigenvalue weighted by molar-refractivity contribution is 0.174. The lowest BCUT2D eigenvalue weighted by Crippen LogP contribution is -2.16. The summed E-state index contributed by atoms with van der Waals surface area (Å²) in [4.78, 5) is 14.7. The number of hydrogen-bond donors (Lipinski definition) is 2. The molecule has 0 aliphatic carbocycles. The predicted octanol–water partition coefficient (Wildman–Crippen LogP) is 3.17. The number of benzene rings is 1. The van der Waals surface area contributed by atoms with Crippen LogP contribution in [0.1, 0.15) is 18.1 Å². The Bertz CT molecular complexity index is 972. The van der Waals surface area contributed by atoms with E-state index in [0.717, 1.165) is 16.9 Å². The first-order chi connectivity index (χ1) is 12.0.